The van der Waals surface area contributed by atoms with Crippen molar-refractivity contribution >= 4 is 11.5 Å². The Bertz CT molecular complexity index is 423. The molecule has 0 radical (unpaired) electrons. The normalized spacial score (nSPS) is 12.3. The van der Waals surface area contributed by atoms with Crippen LogP contribution in [0.2, 0.25) is 0 Å². The molecule has 0 spiro atoms. The zero-order valence-corrected chi connectivity index (χ0v) is 10.6. The number of anilines is 1. The molecular weight excluding hydrogens is 238 g/mol. The molecule has 18 heavy (non-hydrogen) atoms. The number of rotatable bonds is 6. The van der Waals surface area contributed by atoms with Crippen LogP contribution < -0.4 is 10.1 Å². The lowest BCUT2D eigenvalue weighted by Gasteiger charge is -2.20. The first-order valence-electron chi connectivity index (χ1n) is 5.56. The summed E-state index contributed by atoms with van der Waals surface area (Å²) in [7, 11) is 1.43. The number of methoxy groups -OCH3 is 1. The Balaban J connectivity index is 3.07. The molecule has 0 aliphatic carbocycles. The third kappa shape index (κ3) is 3.30. The standard InChI is InChI=1S/C11H17N3O4/c1-7(2)8(6-15)12-11-9(14(16)17)4-5-10(13-11)18-3/h4-5,7-8,15H,6H2,1-3H3,(H,12,13)/t8-/m1/s1. The first-order valence-corrected chi connectivity index (χ1v) is 5.56. The van der Waals surface area contributed by atoms with Gasteiger partial charge in [0.15, 0.2) is 0 Å². The maximum atomic E-state index is 10.9. The Labute approximate surface area is 105 Å². The van der Waals surface area contributed by atoms with Gasteiger partial charge in [-0.15, -0.1) is 0 Å². The molecule has 0 aromatic carbocycles. The fourth-order valence-corrected chi connectivity index (χ4v) is 1.40. The number of hydrogen-bond acceptors (Lipinski definition) is 6. The molecule has 0 saturated heterocycles. The molecule has 0 saturated carbocycles. The van der Waals surface area contributed by atoms with Crippen molar-refractivity contribution < 1.29 is 14.8 Å². The van der Waals surface area contributed by atoms with E-state index in [9.17, 15) is 15.2 Å². The van der Waals surface area contributed by atoms with Crippen LogP contribution in [-0.2, 0) is 0 Å². The Hall–Kier alpha value is -1.89. The molecule has 0 bridgehead atoms. The molecule has 0 aliphatic rings. The summed E-state index contributed by atoms with van der Waals surface area (Å²) in [5.41, 5.74) is -0.144. The van der Waals surface area contributed by atoms with Gasteiger partial charge in [-0.3, -0.25) is 10.1 Å². The number of ether oxygens (including phenoxy) is 1. The first kappa shape index (κ1) is 14.2. The molecule has 100 valence electrons. The zero-order chi connectivity index (χ0) is 13.7. The summed E-state index contributed by atoms with van der Waals surface area (Å²) in [6, 6.07) is 2.44. The fourth-order valence-electron chi connectivity index (χ4n) is 1.40. The van der Waals surface area contributed by atoms with Crippen molar-refractivity contribution in [1.82, 2.24) is 4.98 Å². The highest BCUT2D eigenvalue weighted by Gasteiger charge is 2.21. The number of nitrogens with one attached hydrogen (secondary N) is 1. The zero-order valence-electron chi connectivity index (χ0n) is 10.6. The van der Waals surface area contributed by atoms with Crippen molar-refractivity contribution in [3.05, 3.63) is 22.2 Å². The second-order valence-corrected chi connectivity index (χ2v) is 4.16. The van der Waals surface area contributed by atoms with E-state index in [2.05, 4.69) is 10.3 Å². The quantitative estimate of drug-likeness (QED) is 0.589. The number of pyridine rings is 1. The van der Waals surface area contributed by atoms with Gasteiger partial charge in [0, 0.05) is 12.1 Å². The van der Waals surface area contributed by atoms with E-state index in [0.717, 1.165) is 0 Å². The third-order valence-electron chi connectivity index (χ3n) is 2.58. The summed E-state index contributed by atoms with van der Waals surface area (Å²) in [6.45, 7) is 3.67. The molecule has 0 fully saturated rings. The number of aromatic nitrogens is 1. The van der Waals surface area contributed by atoms with Crippen molar-refractivity contribution in [2.75, 3.05) is 19.0 Å². The van der Waals surface area contributed by atoms with Crippen molar-refractivity contribution in [3.8, 4) is 5.88 Å². The van der Waals surface area contributed by atoms with Gasteiger partial charge < -0.3 is 15.2 Å². The lowest BCUT2D eigenvalue weighted by molar-refractivity contribution is -0.384. The van der Waals surface area contributed by atoms with Gasteiger partial charge in [0.2, 0.25) is 11.7 Å². The van der Waals surface area contributed by atoms with Crippen LogP contribution in [0.3, 0.4) is 0 Å². The number of nitro groups is 1. The summed E-state index contributed by atoms with van der Waals surface area (Å²) in [5, 5.41) is 23.0. The molecule has 1 aromatic rings. The van der Waals surface area contributed by atoms with E-state index in [1.807, 2.05) is 13.8 Å². The number of aliphatic hydroxyl groups is 1. The summed E-state index contributed by atoms with van der Waals surface area (Å²) < 4.78 is 4.93. The highest BCUT2D eigenvalue weighted by Crippen LogP contribution is 2.26. The van der Waals surface area contributed by atoms with Gasteiger partial charge in [0.25, 0.3) is 0 Å². The van der Waals surface area contributed by atoms with Gasteiger partial charge in [-0.2, -0.15) is 4.98 Å². The van der Waals surface area contributed by atoms with Crippen molar-refractivity contribution in [1.29, 1.82) is 0 Å². The molecule has 0 unspecified atom stereocenters. The van der Waals surface area contributed by atoms with E-state index < -0.39 is 4.92 Å². The molecule has 1 heterocycles. The molecular formula is C11H17N3O4. The average molecular weight is 255 g/mol. The minimum Gasteiger partial charge on any atom is -0.481 e. The van der Waals surface area contributed by atoms with Gasteiger partial charge >= 0.3 is 5.69 Å². The summed E-state index contributed by atoms with van der Waals surface area (Å²) >= 11 is 0. The van der Waals surface area contributed by atoms with Gasteiger partial charge in [0.1, 0.15) is 0 Å². The van der Waals surface area contributed by atoms with Crippen LogP contribution in [0.4, 0.5) is 11.5 Å². The Kier molecular flexibility index (Phi) is 4.85. The third-order valence-corrected chi connectivity index (χ3v) is 2.58. The Morgan fingerprint density at radius 1 is 1.56 bits per heavy atom. The molecule has 0 aliphatic heterocycles. The van der Waals surface area contributed by atoms with E-state index in [1.165, 1.54) is 19.2 Å². The van der Waals surface area contributed by atoms with Crippen LogP contribution in [0, 0.1) is 16.0 Å². The summed E-state index contributed by atoms with van der Waals surface area (Å²) in [5.74, 6) is 0.498. The predicted octanol–water partition coefficient (Wildman–Crippen LogP) is 1.43. The molecule has 1 aromatic heterocycles. The number of aliphatic hydroxyl groups excluding tert-OH is 1. The monoisotopic (exact) mass is 255 g/mol. The maximum Gasteiger partial charge on any atom is 0.311 e. The first-order chi connectivity index (χ1) is 8.49. The maximum absolute atomic E-state index is 10.9. The van der Waals surface area contributed by atoms with Crippen molar-refractivity contribution in [2.45, 2.75) is 19.9 Å². The minimum atomic E-state index is -0.524. The minimum absolute atomic E-state index is 0.104. The van der Waals surface area contributed by atoms with E-state index in [4.69, 9.17) is 4.74 Å². The fraction of sp³-hybridized carbons (Fsp3) is 0.545. The number of nitrogens with zero attached hydrogens (tertiary/aromatic N) is 2. The lowest BCUT2D eigenvalue weighted by atomic mass is 10.1. The second kappa shape index (κ2) is 6.15. The molecule has 1 rings (SSSR count). The van der Waals surface area contributed by atoms with Crippen LogP contribution in [0.15, 0.2) is 12.1 Å². The predicted molar refractivity (Wildman–Crippen MR) is 66.8 cm³/mol. The lowest BCUT2D eigenvalue weighted by Crippen LogP contribution is -2.30. The highest BCUT2D eigenvalue weighted by atomic mass is 16.6. The molecule has 2 N–H and O–H groups in total. The van der Waals surface area contributed by atoms with Crippen LogP contribution in [0.25, 0.3) is 0 Å². The highest BCUT2D eigenvalue weighted by molar-refractivity contribution is 5.57. The van der Waals surface area contributed by atoms with E-state index in [1.54, 1.807) is 0 Å². The topological polar surface area (TPSA) is 97.5 Å². The van der Waals surface area contributed by atoms with E-state index >= 15 is 0 Å². The van der Waals surface area contributed by atoms with Gasteiger partial charge in [-0.25, -0.2) is 0 Å². The molecule has 0 amide bonds. The summed E-state index contributed by atoms with van der Waals surface area (Å²) in [6.07, 6.45) is 0. The number of hydrogen-bond donors (Lipinski definition) is 2. The molecule has 1 atom stereocenters. The SMILES string of the molecule is COc1ccc([N+](=O)[O-])c(N[C@H](CO)C(C)C)n1. The second-order valence-electron chi connectivity index (χ2n) is 4.16. The van der Waals surface area contributed by atoms with Crippen molar-refractivity contribution in [2.24, 2.45) is 5.92 Å². The largest absolute Gasteiger partial charge is 0.481 e. The van der Waals surface area contributed by atoms with Gasteiger partial charge in [0.05, 0.1) is 24.7 Å². The molecule has 7 nitrogen and oxygen atoms in total. The smallest absolute Gasteiger partial charge is 0.311 e. The Morgan fingerprint density at radius 3 is 2.67 bits per heavy atom. The van der Waals surface area contributed by atoms with Crippen LogP contribution >= 0.6 is 0 Å². The van der Waals surface area contributed by atoms with Crippen LogP contribution in [0.5, 0.6) is 5.88 Å². The molecule has 7 heteroatoms. The Morgan fingerprint density at radius 2 is 2.22 bits per heavy atom. The van der Waals surface area contributed by atoms with Crippen LogP contribution in [0.1, 0.15) is 13.8 Å². The van der Waals surface area contributed by atoms with Gasteiger partial charge in [-0.05, 0) is 5.92 Å². The van der Waals surface area contributed by atoms with E-state index in [0.29, 0.717) is 0 Å². The van der Waals surface area contributed by atoms with E-state index in [-0.39, 0.29) is 36.0 Å². The van der Waals surface area contributed by atoms with Gasteiger partial charge in [-0.1, -0.05) is 13.8 Å². The van der Waals surface area contributed by atoms with Crippen molar-refractivity contribution in [3.63, 3.8) is 0 Å². The summed E-state index contributed by atoms with van der Waals surface area (Å²) in [4.78, 5) is 14.4. The van der Waals surface area contributed by atoms with Crippen LogP contribution in [-0.4, -0.2) is 34.8 Å². The average Bonchev–Trinajstić information content (AvgIpc) is 2.34.